The zero-order chi connectivity index (χ0) is 11.7. The maximum absolute atomic E-state index is 9.92. The van der Waals surface area contributed by atoms with Gasteiger partial charge in [-0.2, -0.15) is 0 Å². The minimum Gasteiger partial charge on any atom is -0.497 e. The molecule has 1 aromatic carbocycles. The Morgan fingerprint density at radius 2 is 2.31 bits per heavy atom. The van der Waals surface area contributed by atoms with Gasteiger partial charge in [-0.15, -0.1) is 0 Å². The largest absolute Gasteiger partial charge is 0.497 e. The summed E-state index contributed by atoms with van der Waals surface area (Å²) in [6.45, 7) is 5.69. The number of hydrogen-bond donors (Lipinski definition) is 1. The molecule has 3 heteroatoms. The van der Waals surface area contributed by atoms with Crippen LogP contribution in [0, 0.1) is 0 Å². The number of aliphatic hydroxyl groups excluding tert-OH is 1. The molecule has 0 unspecified atom stereocenters. The molecule has 0 spiro atoms. The van der Waals surface area contributed by atoms with Crippen LogP contribution in [0.5, 0.6) is 11.5 Å². The minimum atomic E-state index is -0.530. The second kappa shape index (κ2) is 4.18. The van der Waals surface area contributed by atoms with E-state index in [1.807, 2.05) is 25.1 Å². The van der Waals surface area contributed by atoms with E-state index in [4.69, 9.17) is 9.47 Å². The van der Waals surface area contributed by atoms with Crippen LogP contribution in [0.2, 0.25) is 0 Å². The molecule has 1 aliphatic rings. The monoisotopic (exact) mass is 220 g/mol. The van der Waals surface area contributed by atoms with Gasteiger partial charge in [0.05, 0.1) is 13.2 Å². The lowest BCUT2D eigenvalue weighted by atomic mass is 9.96. The molecule has 2 atom stereocenters. The molecule has 0 amide bonds. The second-order valence-electron chi connectivity index (χ2n) is 4.13. The number of ether oxygens (including phenoxy) is 2. The molecule has 0 aromatic heterocycles. The topological polar surface area (TPSA) is 38.7 Å². The maximum atomic E-state index is 9.92. The summed E-state index contributed by atoms with van der Waals surface area (Å²) in [4.78, 5) is 0. The van der Waals surface area contributed by atoms with Crippen molar-refractivity contribution in [2.75, 3.05) is 7.11 Å². The Kier molecular flexibility index (Phi) is 2.88. The highest BCUT2D eigenvalue weighted by molar-refractivity contribution is 5.43. The average Bonchev–Trinajstić information content (AvgIpc) is 2.27. The Morgan fingerprint density at radius 3 is 2.94 bits per heavy atom. The van der Waals surface area contributed by atoms with E-state index in [0.717, 1.165) is 22.6 Å². The van der Waals surface area contributed by atoms with Gasteiger partial charge in [0.25, 0.3) is 0 Å². The van der Waals surface area contributed by atoms with Crippen molar-refractivity contribution in [3.63, 3.8) is 0 Å². The molecule has 0 fully saturated rings. The van der Waals surface area contributed by atoms with Gasteiger partial charge in [0.2, 0.25) is 0 Å². The maximum Gasteiger partial charge on any atom is 0.145 e. The Labute approximate surface area is 95.3 Å². The smallest absolute Gasteiger partial charge is 0.145 e. The van der Waals surface area contributed by atoms with Gasteiger partial charge in [0.15, 0.2) is 0 Å². The first kappa shape index (κ1) is 11.0. The van der Waals surface area contributed by atoms with Crippen LogP contribution in [0.15, 0.2) is 30.4 Å². The molecule has 0 saturated carbocycles. The lowest BCUT2D eigenvalue weighted by Crippen LogP contribution is -2.37. The summed E-state index contributed by atoms with van der Waals surface area (Å²) in [6, 6.07) is 5.62. The molecule has 86 valence electrons. The van der Waals surface area contributed by atoms with E-state index in [9.17, 15) is 5.11 Å². The van der Waals surface area contributed by atoms with E-state index >= 15 is 0 Å². The van der Waals surface area contributed by atoms with E-state index in [1.54, 1.807) is 7.11 Å². The highest BCUT2D eigenvalue weighted by Crippen LogP contribution is 2.32. The van der Waals surface area contributed by atoms with E-state index in [1.165, 1.54) is 0 Å². The number of aliphatic hydroxyl groups is 1. The molecule has 2 rings (SSSR count). The third-order valence-corrected chi connectivity index (χ3v) is 2.79. The highest BCUT2D eigenvalue weighted by atomic mass is 16.5. The van der Waals surface area contributed by atoms with Gasteiger partial charge in [-0.1, -0.05) is 6.58 Å². The van der Waals surface area contributed by atoms with E-state index in [0.29, 0.717) is 6.42 Å². The van der Waals surface area contributed by atoms with Crippen molar-refractivity contribution in [1.29, 1.82) is 0 Å². The van der Waals surface area contributed by atoms with Crippen molar-refractivity contribution in [2.24, 2.45) is 0 Å². The summed E-state index contributed by atoms with van der Waals surface area (Å²) in [5.74, 6) is 1.59. The van der Waals surface area contributed by atoms with Crippen molar-refractivity contribution < 1.29 is 14.6 Å². The molecular formula is C13H16O3. The van der Waals surface area contributed by atoms with Crippen molar-refractivity contribution in [2.45, 2.75) is 25.6 Å². The summed E-state index contributed by atoms with van der Waals surface area (Å²) in [6.07, 6.45) is -0.262. The number of methoxy groups -OCH3 is 1. The number of benzene rings is 1. The van der Waals surface area contributed by atoms with Crippen LogP contribution in [-0.2, 0) is 6.42 Å². The standard InChI is InChI=1S/C13H16O3/c1-8(2)13-11(14)7-9-6-10(15-3)4-5-12(9)16-13/h4-6,11,13-14H,1,7H2,2-3H3/t11-,13+/m1/s1. The Balaban J connectivity index is 2.31. The van der Waals surface area contributed by atoms with Crippen molar-refractivity contribution >= 4 is 0 Å². The van der Waals surface area contributed by atoms with E-state index in [2.05, 4.69) is 6.58 Å². The van der Waals surface area contributed by atoms with Crippen LogP contribution in [0.25, 0.3) is 0 Å². The lowest BCUT2D eigenvalue weighted by molar-refractivity contribution is 0.0429. The van der Waals surface area contributed by atoms with Crippen LogP contribution in [0.3, 0.4) is 0 Å². The molecule has 0 aliphatic carbocycles. The third-order valence-electron chi connectivity index (χ3n) is 2.79. The Morgan fingerprint density at radius 1 is 1.56 bits per heavy atom. The minimum absolute atomic E-state index is 0.305. The molecule has 1 heterocycles. The Hall–Kier alpha value is -1.48. The van der Waals surface area contributed by atoms with Crippen LogP contribution < -0.4 is 9.47 Å². The zero-order valence-electron chi connectivity index (χ0n) is 9.56. The second-order valence-corrected chi connectivity index (χ2v) is 4.13. The molecule has 1 N–H and O–H groups in total. The number of rotatable bonds is 2. The first-order chi connectivity index (χ1) is 7.61. The van der Waals surface area contributed by atoms with Gasteiger partial charge in [0, 0.05) is 12.0 Å². The lowest BCUT2D eigenvalue weighted by Gasteiger charge is -2.31. The number of fused-ring (bicyclic) bond motifs is 1. The predicted molar refractivity (Wildman–Crippen MR) is 61.9 cm³/mol. The summed E-state index contributed by atoms with van der Waals surface area (Å²) in [5.41, 5.74) is 1.82. The fourth-order valence-corrected chi connectivity index (χ4v) is 1.93. The van der Waals surface area contributed by atoms with E-state index < -0.39 is 6.10 Å². The SMILES string of the molecule is C=C(C)[C@@H]1Oc2ccc(OC)cc2C[C@H]1O. The summed E-state index contributed by atoms with van der Waals surface area (Å²) >= 11 is 0. The summed E-state index contributed by atoms with van der Waals surface area (Å²) in [5, 5.41) is 9.92. The fourth-order valence-electron chi connectivity index (χ4n) is 1.93. The first-order valence-corrected chi connectivity index (χ1v) is 5.29. The summed E-state index contributed by atoms with van der Waals surface area (Å²) in [7, 11) is 1.62. The van der Waals surface area contributed by atoms with Gasteiger partial charge in [-0.05, 0) is 30.7 Å². The van der Waals surface area contributed by atoms with Gasteiger partial charge < -0.3 is 14.6 Å². The molecule has 16 heavy (non-hydrogen) atoms. The normalized spacial score (nSPS) is 23.2. The van der Waals surface area contributed by atoms with Gasteiger partial charge in [-0.3, -0.25) is 0 Å². The van der Waals surface area contributed by atoms with Gasteiger partial charge in [-0.25, -0.2) is 0 Å². The predicted octanol–water partition coefficient (Wildman–Crippen LogP) is 1.94. The van der Waals surface area contributed by atoms with Crippen LogP contribution >= 0.6 is 0 Å². The molecule has 1 aliphatic heterocycles. The molecule has 0 bridgehead atoms. The molecule has 1 aromatic rings. The van der Waals surface area contributed by atoms with Crippen molar-refractivity contribution in [3.8, 4) is 11.5 Å². The zero-order valence-corrected chi connectivity index (χ0v) is 9.56. The van der Waals surface area contributed by atoms with Crippen molar-refractivity contribution in [3.05, 3.63) is 35.9 Å². The quantitative estimate of drug-likeness (QED) is 0.774. The van der Waals surface area contributed by atoms with Crippen LogP contribution in [-0.4, -0.2) is 24.4 Å². The van der Waals surface area contributed by atoms with Gasteiger partial charge >= 0.3 is 0 Å². The molecular weight excluding hydrogens is 204 g/mol. The Bertz CT molecular complexity index is 412. The van der Waals surface area contributed by atoms with Crippen LogP contribution in [0.1, 0.15) is 12.5 Å². The van der Waals surface area contributed by atoms with E-state index in [-0.39, 0.29) is 6.10 Å². The average molecular weight is 220 g/mol. The van der Waals surface area contributed by atoms with Gasteiger partial charge in [0.1, 0.15) is 17.6 Å². The first-order valence-electron chi connectivity index (χ1n) is 5.29. The van der Waals surface area contributed by atoms with Crippen molar-refractivity contribution in [1.82, 2.24) is 0 Å². The third kappa shape index (κ3) is 1.91. The highest BCUT2D eigenvalue weighted by Gasteiger charge is 2.28. The number of hydrogen-bond acceptors (Lipinski definition) is 3. The van der Waals surface area contributed by atoms with Crippen LogP contribution in [0.4, 0.5) is 0 Å². The fraction of sp³-hybridized carbons (Fsp3) is 0.385. The molecule has 0 saturated heterocycles. The molecule has 0 radical (unpaired) electrons. The summed E-state index contributed by atoms with van der Waals surface area (Å²) < 4.78 is 10.8. The molecule has 3 nitrogen and oxygen atoms in total.